The molecule has 0 aliphatic carbocycles. The lowest BCUT2D eigenvalue weighted by molar-refractivity contribution is -0.121. The van der Waals surface area contributed by atoms with Gasteiger partial charge in [-0.15, -0.1) is 11.3 Å². The summed E-state index contributed by atoms with van der Waals surface area (Å²) >= 11 is 13.7. The molecule has 31 heavy (non-hydrogen) atoms. The van der Waals surface area contributed by atoms with Gasteiger partial charge in [-0.25, -0.2) is 4.98 Å². The number of oxazole rings is 1. The Morgan fingerprint density at radius 2 is 2.19 bits per heavy atom. The molecule has 0 bridgehead atoms. The van der Waals surface area contributed by atoms with Crippen LogP contribution in [0.4, 0.5) is 0 Å². The van der Waals surface area contributed by atoms with Crippen molar-refractivity contribution in [3.8, 4) is 10.8 Å². The minimum Gasteiger partial charge on any atom is -0.440 e. The van der Waals surface area contributed by atoms with Gasteiger partial charge in [0.2, 0.25) is 11.8 Å². The molecule has 1 aromatic carbocycles. The molecule has 1 amide bonds. The zero-order valence-corrected chi connectivity index (χ0v) is 19.4. The molecule has 3 aromatic rings. The lowest BCUT2D eigenvalue weighted by Gasteiger charge is -2.33. The van der Waals surface area contributed by atoms with Gasteiger partial charge in [-0.3, -0.25) is 9.69 Å². The second kappa shape index (κ2) is 10.1. The Labute approximate surface area is 195 Å². The number of aryl methyl sites for hydroxylation is 1. The van der Waals surface area contributed by atoms with Crippen molar-refractivity contribution in [3.63, 3.8) is 0 Å². The number of rotatable bonds is 7. The zero-order chi connectivity index (χ0) is 21.8. The first-order valence-electron chi connectivity index (χ1n) is 10.0. The number of ether oxygens (including phenoxy) is 1. The summed E-state index contributed by atoms with van der Waals surface area (Å²) in [6.07, 6.45) is 0.112. The van der Waals surface area contributed by atoms with Crippen LogP contribution in [0.25, 0.3) is 10.8 Å². The van der Waals surface area contributed by atoms with Gasteiger partial charge in [0.15, 0.2) is 0 Å². The number of halogens is 2. The molecule has 9 heteroatoms. The number of carbonyl (C=O) groups is 1. The summed E-state index contributed by atoms with van der Waals surface area (Å²) in [6, 6.07) is 9.57. The van der Waals surface area contributed by atoms with Gasteiger partial charge < -0.3 is 14.5 Å². The monoisotopic (exact) mass is 479 g/mol. The van der Waals surface area contributed by atoms with Crippen molar-refractivity contribution in [3.05, 3.63) is 62.8 Å². The van der Waals surface area contributed by atoms with Crippen molar-refractivity contribution in [2.75, 3.05) is 26.2 Å². The molecule has 164 valence electrons. The Morgan fingerprint density at radius 3 is 2.97 bits per heavy atom. The summed E-state index contributed by atoms with van der Waals surface area (Å²) in [5.41, 5.74) is 1.76. The fraction of sp³-hybridized carbons (Fsp3) is 0.364. The second-order valence-corrected chi connectivity index (χ2v) is 9.22. The quantitative estimate of drug-likeness (QED) is 0.537. The van der Waals surface area contributed by atoms with Crippen LogP contribution in [-0.4, -0.2) is 48.1 Å². The molecule has 0 radical (unpaired) electrons. The van der Waals surface area contributed by atoms with Crippen LogP contribution in [0.3, 0.4) is 0 Å². The van der Waals surface area contributed by atoms with Crippen LogP contribution in [0.1, 0.15) is 17.0 Å². The summed E-state index contributed by atoms with van der Waals surface area (Å²) in [7, 11) is 0. The van der Waals surface area contributed by atoms with E-state index in [4.69, 9.17) is 32.4 Å². The number of nitrogens with zero attached hydrogens (tertiary/aromatic N) is 2. The SMILES string of the molecule is Cc1oc(-c2cccs2)nc1CC(=O)NC[C@H]1CN(Cc2ccc(Cl)c(Cl)c2)CCO1. The molecule has 6 nitrogen and oxygen atoms in total. The second-order valence-electron chi connectivity index (χ2n) is 7.46. The first kappa shape index (κ1) is 22.3. The molecule has 1 atom stereocenters. The average Bonchev–Trinajstić information content (AvgIpc) is 3.40. The lowest BCUT2D eigenvalue weighted by atomic mass is 10.2. The number of carbonyl (C=O) groups excluding carboxylic acids is 1. The van der Waals surface area contributed by atoms with Crippen LogP contribution in [0.5, 0.6) is 0 Å². The van der Waals surface area contributed by atoms with E-state index >= 15 is 0 Å². The predicted octanol–water partition coefficient (Wildman–Crippen LogP) is 4.58. The molecule has 0 unspecified atom stereocenters. The standard InChI is InChI=1S/C22H23Cl2N3O3S/c1-14-19(26-22(30-14)20-3-2-8-31-20)10-21(28)25-11-16-13-27(6-7-29-16)12-15-4-5-17(23)18(24)9-15/h2-5,8-9,16H,6-7,10-13H2,1H3,(H,25,28)/t16-/m0/s1. The normalized spacial score (nSPS) is 17.1. The molecule has 1 N–H and O–H groups in total. The Morgan fingerprint density at radius 1 is 1.32 bits per heavy atom. The maximum Gasteiger partial charge on any atom is 0.236 e. The van der Waals surface area contributed by atoms with Gasteiger partial charge in [0.05, 0.1) is 39.7 Å². The highest BCUT2D eigenvalue weighted by Gasteiger charge is 2.22. The highest BCUT2D eigenvalue weighted by Crippen LogP contribution is 2.26. The van der Waals surface area contributed by atoms with E-state index in [9.17, 15) is 4.79 Å². The Bertz CT molecular complexity index is 1040. The number of hydrogen-bond acceptors (Lipinski definition) is 6. The number of amides is 1. The molecule has 1 fully saturated rings. The number of thiophene rings is 1. The van der Waals surface area contributed by atoms with Crippen LogP contribution in [-0.2, 0) is 22.5 Å². The van der Waals surface area contributed by atoms with E-state index in [0.29, 0.717) is 40.5 Å². The van der Waals surface area contributed by atoms with Gasteiger partial charge in [-0.2, -0.15) is 0 Å². The minimum atomic E-state index is -0.0978. The van der Waals surface area contributed by atoms with E-state index in [1.54, 1.807) is 11.3 Å². The Kier molecular flexibility index (Phi) is 7.30. The van der Waals surface area contributed by atoms with Crippen molar-refractivity contribution in [2.45, 2.75) is 26.0 Å². The largest absolute Gasteiger partial charge is 0.440 e. The molecule has 0 spiro atoms. The van der Waals surface area contributed by atoms with E-state index in [1.807, 2.05) is 42.6 Å². The fourth-order valence-corrected chi connectivity index (χ4v) is 4.45. The third-order valence-electron chi connectivity index (χ3n) is 5.09. The minimum absolute atomic E-state index is 0.0689. The van der Waals surface area contributed by atoms with Crippen molar-refractivity contribution in [1.82, 2.24) is 15.2 Å². The molecule has 3 heterocycles. The van der Waals surface area contributed by atoms with Crippen LogP contribution in [0.15, 0.2) is 40.1 Å². The van der Waals surface area contributed by atoms with Crippen molar-refractivity contribution >= 4 is 40.4 Å². The number of nitrogens with one attached hydrogen (secondary N) is 1. The van der Waals surface area contributed by atoms with Gasteiger partial charge in [-0.1, -0.05) is 35.3 Å². The Balaban J connectivity index is 1.27. The lowest BCUT2D eigenvalue weighted by Crippen LogP contribution is -2.47. The van der Waals surface area contributed by atoms with Crippen LogP contribution >= 0.6 is 34.5 Å². The van der Waals surface area contributed by atoms with E-state index in [2.05, 4.69) is 15.2 Å². The summed E-state index contributed by atoms with van der Waals surface area (Å²) in [6.45, 7) is 5.21. The van der Waals surface area contributed by atoms with Crippen LogP contribution < -0.4 is 5.32 Å². The number of aromatic nitrogens is 1. The van der Waals surface area contributed by atoms with Gasteiger partial charge in [-0.05, 0) is 36.1 Å². The third-order valence-corrected chi connectivity index (χ3v) is 6.69. The Hall–Kier alpha value is -1.90. The third kappa shape index (κ3) is 5.87. The van der Waals surface area contributed by atoms with Crippen LogP contribution in [0, 0.1) is 6.92 Å². The molecule has 1 aliphatic heterocycles. The first-order valence-corrected chi connectivity index (χ1v) is 11.7. The number of hydrogen-bond donors (Lipinski definition) is 1. The number of morpholine rings is 1. The van der Waals surface area contributed by atoms with Crippen molar-refractivity contribution < 1.29 is 13.9 Å². The average molecular weight is 480 g/mol. The smallest absolute Gasteiger partial charge is 0.236 e. The maximum atomic E-state index is 12.5. The van der Waals surface area contributed by atoms with E-state index in [1.165, 1.54) is 0 Å². The van der Waals surface area contributed by atoms with E-state index in [0.717, 1.165) is 30.1 Å². The predicted molar refractivity (Wildman–Crippen MR) is 123 cm³/mol. The summed E-state index contributed by atoms with van der Waals surface area (Å²) in [5, 5.41) is 6.04. The highest BCUT2D eigenvalue weighted by atomic mass is 35.5. The zero-order valence-electron chi connectivity index (χ0n) is 17.1. The van der Waals surface area contributed by atoms with Gasteiger partial charge in [0.1, 0.15) is 5.76 Å². The molecular weight excluding hydrogens is 457 g/mol. The fourth-order valence-electron chi connectivity index (χ4n) is 3.48. The summed E-state index contributed by atoms with van der Waals surface area (Å²) in [5.74, 6) is 1.13. The van der Waals surface area contributed by atoms with Gasteiger partial charge in [0, 0.05) is 26.2 Å². The molecular formula is C22H23Cl2N3O3S. The van der Waals surface area contributed by atoms with Crippen LogP contribution in [0.2, 0.25) is 10.0 Å². The molecule has 1 saturated heterocycles. The van der Waals surface area contributed by atoms with Crippen molar-refractivity contribution in [1.29, 1.82) is 0 Å². The van der Waals surface area contributed by atoms with Gasteiger partial charge in [0.25, 0.3) is 0 Å². The topological polar surface area (TPSA) is 67.6 Å². The summed E-state index contributed by atoms with van der Waals surface area (Å²) in [4.78, 5) is 20.2. The van der Waals surface area contributed by atoms with Gasteiger partial charge >= 0.3 is 0 Å². The molecule has 2 aromatic heterocycles. The summed E-state index contributed by atoms with van der Waals surface area (Å²) < 4.78 is 11.5. The number of benzene rings is 1. The molecule has 1 aliphatic rings. The highest BCUT2D eigenvalue weighted by molar-refractivity contribution is 7.13. The van der Waals surface area contributed by atoms with E-state index in [-0.39, 0.29) is 18.4 Å². The maximum absolute atomic E-state index is 12.5. The molecule has 4 rings (SSSR count). The first-order chi connectivity index (χ1) is 15.0. The van der Waals surface area contributed by atoms with Crippen molar-refractivity contribution in [2.24, 2.45) is 0 Å². The molecule has 0 saturated carbocycles. The van der Waals surface area contributed by atoms with E-state index < -0.39 is 0 Å².